The Bertz CT molecular complexity index is 725. The Balaban J connectivity index is 1.74. The van der Waals surface area contributed by atoms with Gasteiger partial charge in [-0.3, -0.25) is 4.79 Å². The van der Waals surface area contributed by atoms with Crippen LogP contribution in [0.15, 0.2) is 18.2 Å². The maximum absolute atomic E-state index is 12.2. The second-order valence-electron chi connectivity index (χ2n) is 7.65. The monoisotopic (exact) mass is 409 g/mol. The van der Waals surface area contributed by atoms with Crippen LogP contribution >= 0.6 is 11.6 Å². The highest BCUT2D eigenvalue weighted by Gasteiger charge is 2.43. The summed E-state index contributed by atoms with van der Waals surface area (Å²) in [7, 11) is 0. The molecule has 28 heavy (non-hydrogen) atoms. The fourth-order valence-electron chi connectivity index (χ4n) is 4.65. The lowest BCUT2D eigenvalue weighted by Crippen LogP contribution is -2.56. The van der Waals surface area contributed by atoms with E-state index < -0.39 is 18.0 Å². The molecule has 2 aliphatic rings. The number of rotatable bonds is 6. The summed E-state index contributed by atoms with van der Waals surface area (Å²) >= 11 is 6.11. The number of carbonyl (C=O) groups excluding carboxylic acids is 1. The van der Waals surface area contributed by atoms with E-state index in [1.165, 1.54) is 0 Å². The summed E-state index contributed by atoms with van der Waals surface area (Å²) in [6.07, 6.45) is 4.07. The molecule has 1 aromatic rings. The van der Waals surface area contributed by atoms with Gasteiger partial charge < -0.3 is 19.9 Å². The van der Waals surface area contributed by atoms with Gasteiger partial charge in [-0.05, 0) is 69.1 Å². The second kappa shape index (κ2) is 9.14. The first kappa shape index (κ1) is 20.9. The van der Waals surface area contributed by atoms with Crippen LogP contribution in [0.4, 0.5) is 0 Å². The zero-order valence-electron chi connectivity index (χ0n) is 16.3. The van der Waals surface area contributed by atoms with E-state index in [0.29, 0.717) is 28.7 Å². The van der Waals surface area contributed by atoms with Crippen molar-refractivity contribution >= 4 is 23.5 Å². The highest BCUT2D eigenvalue weighted by Crippen LogP contribution is 2.41. The van der Waals surface area contributed by atoms with E-state index in [9.17, 15) is 14.7 Å². The lowest BCUT2D eigenvalue weighted by molar-refractivity contribution is -0.142. The fraction of sp³-hybridized carbons (Fsp3) is 0.619. The third kappa shape index (κ3) is 4.61. The number of ether oxygens (including phenoxy) is 2. The van der Waals surface area contributed by atoms with Crippen molar-refractivity contribution in [3.63, 3.8) is 0 Å². The molecule has 0 amide bonds. The quantitative estimate of drug-likeness (QED) is 0.693. The Morgan fingerprint density at radius 2 is 2.04 bits per heavy atom. The van der Waals surface area contributed by atoms with E-state index >= 15 is 0 Å². The number of halogens is 1. The van der Waals surface area contributed by atoms with Gasteiger partial charge in [0.1, 0.15) is 17.4 Å². The molecule has 1 saturated carbocycles. The van der Waals surface area contributed by atoms with Gasteiger partial charge in [0.2, 0.25) is 0 Å². The molecule has 0 spiro atoms. The standard InChI is InChI=1S/C21H28ClNO5/c1-3-17-15-8-6-14(9-12(15)10-18(23-17)20(24)25)28-19-11-13(22)5-7-16(19)21(26)27-4-2/h5,7,11-12,14-15,17-18,23H,3-4,6,8-10H2,1-2H3,(H,24,25)/t12-,14+,15-,17?,18+/m1/s1. The molecule has 1 aliphatic carbocycles. The Hall–Kier alpha value is -1.79. The minimum atomic E-state index is -0.792. The number of nitrogens with one attached hydrogen (secondary N) is 1. The molecule has 3 rings (SSSR count). The minimum absolute atomic E-state index is 0.0713. The molecule has 2 fully saturated rings. The van der Waals surface area contributed by atoms with Gasteiger partial charge in [0.15, 0.2) is 0 Å². The van der Waals surface area contributed by atoms with Crippen molar-refractivity contribution in [2.24, 2.45) is 11.8 Å². The van der Waals surface area contributed by atoms with Gasteiger partial charge in [-0.2, -0.15) is 0 Å². The molecule has 0 bridgehead atoms. The Morgan fingerprint density at radius 1 is 1.25 bits per heavy atom. The molecule has 0 radical (unpaired) electrons. The van der Waals surface area contributed by atoms with Crippen LogP contribution in [0.5, 0.6) is 5.75 Å². The molecule has 6 nitrogen and oxygen atoms in total. The third-order valence-corrected chi connectivity index (χ3v) is 6.17. The number of hydrogen-bond donors (Lipinski definition) is 2. The van der Waals surface area contributed by atoms with Gasteiger partial charge in [-0.25, -0.2) is 4.79 Å². The Kier molecular flexibility index (Phi) is 6.83. The number of carboxylic acids is 1. The molecule has 7 heteroatoms. The Morgan fingerprint density at radius 3 is 2.71 bits per heavy atom. The highest BCUT2D eigenvalue weighted by molar-refractivity contribution is 6.30. The summed E-state index contributed by atoms with van der Waals surface area (Å²) in [6, 6.07) is 4.64. The average molecular weight is 410 g/mol. The van der Waals surface area contributed by atoms with Gasteiger partial charge in [0.05, 0.1) is 12.7 Å². The number of benzene rings is 1. The van der Waals surface area contributed by atoms with Crippen LogP contribution < -0.4 is 10.1 Å². The largest absolute Gasteiger partial charge is 0.489 e. The highest BCUT2D eigenvalue weighted by atomic mass is 35.5. The summed E-state index contributed by atoms with van der Waals surface area (Å²) in [6.45, 7) is 4.14. The smallest absolute Gasteiger partial charge is 0.341 e. The van der Waals surface area contributed by atoms with Crippen molar-refractivity contribution in [2.45, 2.75) is 64.1 Å². The van der Waals surface area contributed by atoms with Crippen molar-refractivity contribution in [1.82, 2.24) is 5.32 Å². The van der Waals surface area contributed by atoms with Crippen molar-refractivity contribution in [2.75, 3.05) is 6.61 Å². The van der Waals surface area contributed by atoms with Crippen molar-refractivity contribution in [3.05, 3.63) is 28.8 Å². The molecule has 1 unspecified atom stereocenters. The number of piperidine rings is 1. The lowest BCUT2D eigenvalue weighted by atomic mass is 9.68. The van der Waals surface area contributed by atoms with Crippen LogP contribution in [-0.4, -0.2) is 41.8 Å². The summed E-state index contributed by atoms with van der Waals surface area (Å²) in [5, 5.41) is 13.3. The van der Waals surface area contributed by atoms with Crippen LogP contribution in [0.25, 0.3) is 0 Å². The third-order valence-electron chi connectivity index (χ3n) is 5.93. The SMILES string of the molecule is CCOC(=O)c1ccc(Cl)cc1O[C@H]1CC[C@H]2C(CC)N[C@H](C(=O)O)C[C@H]2C1. The predicted molar refractivity (Wildman–Crippen MR) is 106 cm³/mol. The maximum atomic E-state index is 12.2. The molecular weight excluding hydrogens is 382 g/mol. The van der Waals surface area contributed by atoms with Crippen LogP contribution in [-0.2, 0) is 9.53 Å². The normalized spacial score (nSPS) is 29.6. The molecular formula is C21H28ClNO5. The number of carbonyl (C=O) groups is 2. The van der Waals surface area contributed by atoms with E-state index in [1.807, 2.05) is 0 Å². The van der Waals surface area contributed by atoms with Crippen molar-refractivity contribution in [1.29, 1.82) is 0 Å². The number of carboxylic acid groups (broad SMARTS) is 1. The molecule has 0 aromatic heterocycles. The number of fused-ring (bicyclic) bond motifs is 1. The van der Waals surface area contributed by atoms with Gasteiger partial charge in [0.25, 0.3) is 0 Å². The molecule has 154 valence electrons. The summed E-state index contributed by atoms with van der Waals surface area (Å²) in [5.41, 5.74) is 0.369. The van der Waals surface area contributed by atoms with Gasteiger partial charge in [0, 0.05) is 11.1 Å². The number of esters is 1. The molecule has 2 N–H and O–H groups in total. The summed E-state index contributed by atoms with van der Waals surface area (Å²) < 4.78 is 11.3. The minimum Gasteiger partial charge on any atom is -0.489 e. The van der Waals surface area contributed by atoms with E-state index in [-0.39, 0.29) is 24.7 Å². The van der Waals surface area contributed by atoms with E-state index in [0.717, 1.165) is 25.7 Å². The molecule has 1 aromatic carbocycles. The van der Waals surface area contributed by atoms with Gasteiger partial charge in [-0.1, -0.05) is 18.5 Å². The van der Waals surface area contributed by atoms with Crippen LogP contribution in [0.1, 0.15) is 56.3 Å². The molecule has 1 saturated heterocycles. The number of aliphatic carboxylic acids is 1. The zero-order chi connectivity index (χ0) is 20.3. The fourth-order valence-corrected chi connectivity index (χ4v) is 4.81. The zero-order valence-corrected chi connectivity index (χ0v) is 17.1. The average Bonchev–Trinajstić information content (AvgIpc) is 2.67. The summed E-state index contributed by atoms with van der Waals surface area (Å²) in [4.78, 5) is 23.7. The van der Waals surface area contributed by atoms with Crippen LogP contribution in [0.2, 0.25) is 5.02 Å². The molecule has 1 aliphatic heterocycles. The van der Waals surface area contributed by atoms with E-state index in [2.05, 4.69) is 12.2 Å². The Labute approximate surface area is 170 Å². The van der Waals surface area contributed by atoms with Gasteiger partial charge >= 0.3 is 11.9 Å². The number of hydrogen-bond acceptors (Lipinski definition) is 5. The van der Waals surface area contributed by atoms with Crippen LogP contribution in [0.3, 0.4) is 0 Å². The van der Waals surface area contributed by atoms with E-state index in [1.54, 1.807) is 25.1 Å². The topological polar surface area (TPSA) is 84.9 Å². The summed E-state index contributed by atoms with van der Waals surface area (Å²) in [5.74, 6) is -0.0353. The first-order chi connectivity index (χ1) is 13.4. The molecule has 1 heterocycles. The lowest BCUT2D eigenvalue weighted by Gasteiger charge is -2.46. The van der Waals surface area contributed by atoms with Crippen molar-refractivity contribution < 1.29 is 24.2 Å². The van der Waals surface area contributed by atoms with Gasteiger partial charge in [-0.15, -0.1) is 0 Å². The first-order valence-electron chi connectivity index (χ1n) is 10.0. The van der Waals surface area contributed by atoms with E-state index in [4.69, 9.17) is 21.1 Å². The van der Waals surface area contributed by atoms with Crippen molar-refractivity contribution in [3.8, 4) is 5.75 Å². The molecule has 5 atom stereocenters. The first-order valence-corrected chi connectivity index (χ1v) is 10.4. The maximum Gasteiger partial charge on any atom is 0.341 e. The van der Waals surface area contributed by atoms with Crippen LogP contribution in [0, 0.1) is 11.8 Å². The predicted octanol–water partition coefficient (Wildman–Crippen LogP) is 3.91. The second-order valence-corrected chi connectivity index (χ2v) is 8.08.